The third kappa shape index (κ3) is 5.02. The minimum Gasteiger partial charge on any atom is -0.321 e. The van der Waals surface area contributed by atoms with E-state index in [0.717, 1.165) is 54.5 Å². The molecule has 0 bridgehead atoms. The number of aromatic nitrogens is 4. The van der Waals surface area contributed by atoms with Gasteiger partial charge in [-0.2, -0.15) is 4.98 Å². The number of benzene rings is 1. The number of hydrogen-bond donors (Lipinski definition) is 2. The summed E-state index contributed by atoms with van der Waals surface area (Å²) < 4.78 is 15.2. The molecule has 1 saturated heterocycles. The molecular formula is C25H28FN7. The molecule has 33 heavy (non-hydrogen) atoms. The third-order valence-electron chi connectivity index (χ3n) is 5.97. The van der Waals surface area contributed by atoms with Gasteiger partial charge < -0.3 is 10.6 Å². The van der Waals surface area contributed by atoms with E-state index in [0.29, 0.717) is 18.8 Å². The van der Waals surface area contributed by atoms with Gasteiger partial charge in [0.15, 0.2) is 5.65 Å². The second-order valence-corrected chi connectivity index (χ2v) is 8.46. The first kappa shape index (κ1) is 21.5. The van der Waals surface area contributed by atoms with Crippen LogP contribution in [0.1, 0.15) is 24.1 Å². The lowest BCUT2D eigenvalue weighted by Gasteiger charge is -2.28. The molecule has 4 aromatic rings. The minimum atomic E-state index is -0.639. The van der Waals surface area contributed by atoms with Crippen LogP contribution in [0.4, 0.5) is 16.0 Å². The second kappa shape index (κ2) is 9.64. The lowest BCUT2D eigenvalue weighted by molar-refractivity contribution is 0.145. The van der Waals surface area contributed by atoms with E-state index in [-0.39, 0.29) is 0 Å². The van der Waals surface area contributed by atoms with E-state index < -0.39 is 6.17 Å². The van der Waals surface area contributed by atoms with Crippen LogP contribution >= 0.6 is 0 Å². The first-order valence-electron chi connectivity index (χ1n) is 11.4. The Labute approximate surface area is 192 Å². The maximum atomic E-state index is 13.4. The Bertz CT molecular complexity index is 1200. The Balaban J connectivity index is 1.32. The van der Waals surface area contributed by atoms with Crippen LogP contribution in [0.15, 0.2) is 60.8 Å². The Morgan fingerprint density at radius 3 is 2.58 bits per heavy atom. The molecule has 2 N–H and O–H groups in total. The Kier molecular flexibility index (Phi) is 6.28. The van der Waals surface area contributed by atoms with Crippen molar-refractivity contribution in [2.45, 2.75) is 32.1 Å². The highest BCUT2D eigenvalue weighted by atomic mass is 19.1. The van der Waals surface area contributed by atoms with Crippen LogP contribution in [0.3, 0.4) is 0 Å². The van der Waals surface area contributed by atoms with Crippen molar-refractivity contribution >= 4 is 17.3 Å². The van der Waals surface area contributed by atoms with Gasteiger partial charge in [0.25, 0.3) is 0 Å². The van der Waals surface area contributed by atoms with Crippen molar-refractivity contribution in [3.05, 3.63) is 72.1 Å². The van der Waals surface area contributed by atoms with Gasteiger partial charge in [-0.3, -0.25) is 9.88 Å². The van der Waals surface area contributed by atoms with Gasteiger partial charge >= 0.3 is 0 Å². The van der Waals surface area contributed by atoms with Gasteiger partial charge in [0.2, 0.25) is 5.95 Å². The van der Waals surface area contributed by atoms with E-state index in [9.17, 15) is 4.39 Å². The second-order valence-electron chi connectivity index (χ2n) is 8.46. The number of nitrogens with zero attached hydrogens (tertiary/aromatic N) is 5. The number of hydrogen-bond acceptors (Lipinski definition) is 6. The predicted molar refractivity (Wildman–Crippen MR) is 128 cm³/mol. The fourth-order valence-electron chi connectivity index (χ4n) is 4.19. The summed E-state index contributed by atoms with van der Waals surface area (Å²) >= 11 is 0. The summed E-state index contributed by atoms with van der Waals surface area (Å²) in [4.78, 5) is 11.4. The monoisotopic (exact) mass is 445 g/mol. The topological polar surface area (TPSA) is 70.4 Å². The molecule has 0 unspecified atom stereocenters. The molecule has 0 saturated carbocycles. The van der Waals surface area contributed by atoms with E-state index in [1.165, 1.54) is 5.56 Å². The van der Waals surface area contributed by atoms with Gasteiger partial charge in [-0.25, -0.2) is 8.91 Å². The summed E-state index contributed by atoms with van der Waals surface area (Å²) in [5.41, 5.74) is 5.87. The largest absolute Gasteiger partial charge is 0.321 e. The number of anilines is 2. The van der Waals surface area contributed by atoms with E-state index in [1.54, 1.807) is 6.20 Å². The number of rotatable bonds is 7. The molecule has 0 spiro atoms. The van der Waals surface area contributed by atoms with E-state index in [2.05, 4.69) is 54.9 Å². The fraction of sp³-hybridized carbons (Fsp3) is 0.320. The van der Waals surface area contributed by atoms with Crippen molar-refractivity contribution in [2.24, 2.45) is 0 Å². The molecule has 1 fully saturated rings. The molecule has 0 amide bonds. The van der Waals surface area contributed by atoms with Crippen molar-refractivity contribution in [3.63, 3.8) is 0 Å². The molecular weight excluding hydrogens is 417 g/mol. The average molecular weight is 446 g/mol. The number of nitrogens with one attached hydrogen (secondary N) is 2. The summed E-state index contributed by atoms with van der Waals surface area (Å²) in [5, 5.41) is 11.0. The van der Waals surface area contributed by atoms with Crippen LogP contribution < -0.4 is 10.6 Å². The van der Waals surface area contributed by atoms with Gasteiger partial charge in [-0.15, -0.1) is 5.10 Å². The highest BCUT2D eigenvalue weighted by molar-refractivity contribution is 5.65. The smallest absolute Gasteiger partial charge is 0.247 e. The van der Waals surface area contributed by atoms with Gasteiger partial charge in [0.1, 0.15) is 6.17 Å². The predicted octanol–water partition coefficient (Wildman–Crippen LogP) is 4.19. The zero-order valence-corrected chi connectivity index (χ0v) is 18.7. The van der Waals surface area contributed by atoms with Crippen molar-refractivity contribution in [3.8, 4) is 11.3 Å². The average Bonchev–Trinajstić information content (AvgIpc) is 3.25. The molecule has 3 aromatic heterocycles. The molecule has 0 radical (unpaired) electrons. The highest BCUT2D eigenvalue weighted by Gasteiger charge is 2.18. The zero-order valence-electron chi connectivity index (χ0n) is 18.7. The van der Waals surface area contributed by atoms with Crippen molar-refractivity contribution in [1.82, 2.24) is 29.8 Å². The normalized spacial score (nSPS) is 15.2. The number of fused-ring (bicyclic) bond motifs is 1. The van der Waals surface area contributed by atoms with Crippen LogP contribution in [-0.2, 0) is 13.1 Å². The number of halogens is 1. The van der Waals surface area contributed by atoms with Crippen molar-refractivity contribution < 1.29 is 4.39 Å². The third-order valence-corrected chi connectivity index (χ3v) is 5.97. The molecule has 7 nitrogen and oxygen atoms in total. The lowest BCUT2D eigenvalue weighted by Crippen LogP contribution is -2.33. The molecule has 1 aliphatic heterocycles. The van der Waals surface area contributed by atoms with Crippen LogP contribution in [0.5, 0.6) is 0 Å². The standard InChI is InChI=1S/C25H28FN7/c1-27-15-21-9-10-22(16-28-21)29-25-30-24-4-2-3-23(33(24)31-25)19-7-5-18(6-8-19)17-32-13-11-20(26)12-14-32/h2-10,16,20,27H,11-15,17H2,1H3,(H,29,31). The molecule has 5 rings (SSSR count). The van der Waals surface area contributed by atoms with E-state index in [4.69, 9.17) is 0 Å². The van der Waals surface area contributed by atoms with E-state index >= 15 is 0 Å². The molecule has 170 valence electrons. The van der Waals surface area contributed by atoms with Crippen LogP contribution in [0.2, 0.25) is 0 Å². The molecule has 4 heterocycles. The molecule has 0 atom stereocenters. The summed E-state index contributed by atoms with van der Waals surface area (Å²) in [6, 6.07) is 18.4. The first-order valence-corrected chi connectivity index (χ1v) is 11.4. The summed E-state index contributed by atoms with van der Waals surface area (Å²) in [5.74, 6) is 0.526. The maximum absolute atomic E-state index is 13.4. The quantitative estimate of drug-likeness (QED) is 0.445. The number of pyridine rings is 2. The molecule has 1 aromatic carbocycles. The Morgan fingerprint density at radius 1 is 1.03 bits per heavy atom. The highest BCUT2D eigenvalue weighted by Crippen LogP contribution is 2.23. The van der Waals surface area contributed by atoms with Crippen molar-refractivity contribution in [1.29, 1.82) is 0 Å². The molecule has 1 aliphatic rings. The fourth-order valence-corrected chi connectivity index (χ4v) is 4.19. The number of alkyl halides is 1. The van der Waals surface area contributed by atoms with Crippen LogP contribution in [0.25, 0.3) is 16.9 Å². The van der Waals surface area contributed by atoms with Crippen LogP contribution in [0, 0.1) is 0 Å². The summed E-state index contributed by atoms with van der Waals surface area (Å²) in [7, 11) is 1.90. The van der Waals surface area contributed by atoms with Gasteiger partial charge in [0.05, 0.1) is 23.3 Å². The van der Waals surface area contributed by atoms with Gasteiger partial charge in [-0.1, -0.05) is 30.3 Å². The molecule has 8 heteroatoms. The first-order chi connectivity index (χ1) is 16.2. The number of piperidine rings is 1. The Morgan fingerprint density at radius 2 is 1.85 bits per heavy atom. The van der Waals surface area contributed by atoms with Crippen molar-refractivity contribution in [2.75, 3.05) is 25.5 Å². The van der Waals surface area contributed by atoms with Gasteiger partial charge in [-0.05, 0) is 49.7 Å². The molecule has 0 aliphatic carbocycles. The van der Waals surface area contributed by atoms with E-state index in [1.807, 2.05) is 41.9 Å². The summed E-state index contributed by atoms with van der Waals surface area (Å²) in [6.07, 6.45) is 2.42. The SMILES string of the molecule is CNCc1ccc(Nc2nc3cccc(-c4ccc(CN5CCC(F)CC5)cc4)n3n2)cn1. The number of likely N-dealkylation sites (tertiary alicyclic amines) is 1. The maximum Gasteiger partial charge on any atom is 0.247 e. The Hall–Kier alpha value is -3.36. The minimum absolute atomic E-state index is 0.526. The summed E-state index contributed by atoms with van der Waals surface area (Å²) in [6.45, 7) is 3.23. The zero-order chi connectivity index (χ0) is 22.6. The lowest BCUT2D eigenvalue weighted by atomic mass is 10.1. The van der Waals surface area contributed by atoms with Crippen LogP contribution in [-0.4, -0.2) is 50.8 Å². The van der Waals surface area contributed by atoms with Gasteiger partial charge in [0, 0.05) is 31.7 Å².